The predicted octanol–water partition coefficient (Wildman–Crippen LogP) is 14.3. The molecule has 0 aliphatic heterocycles. The molecule has 1 heteroatoms. The Balaban J connectivity index is 1.32. The molecule has 0 saturated carbocycles. The molecule has 0 unspecified atom stereocenters. The minimum atomic E-state index is -0.517. The van der Waals surface area contributed by atoms with E-state index in [1.54, 1.807) is 0 Å². The molecule has 55 heavy (non-hydrogen) atoms. The van der Waals surface area contributed by atoms with Crippen LogP contribution in [-0.2, 0) is 5.41 Å². The van der Waals surface area contributed by atoms with E-state index in [4.69, 9.17) is 0 Å². The molecule has 0 heterocycles. The van der Waals surface area contributed by atoms with Gasteiger partial charge in [0.05, 0.1) is 16.8 Å². The summed E-state index contributed by atoms with van der Waals surface area (Å²) in [5.74, 6) is 0. The summed E-state index contributed by atoms with van der Waals surface area (Å²) >= 11 is 0. The molecule has 260 valence electrons. The average molecular weight is 702 g/mol. The number of rotatable bonds is 7. The van der Waals surface area contributed by atoms with Crippen LogP contribution >= 0.6 is 0 Å². The van der Waals surface area contributed by atoms with E-state index in [0.717, 1.165) is 17.1 Å². The van der Waals surface area contributed by atoms with Gasteiger partial charge in [-0.05, 0) is 98.1 Å². The van der Waals surface area contributed by atoms with Gasteiger partial charge in [-0.2, -0.15) is 0 Å². The summed E-state index contributed by atoms with van der Waals surface area (Å²) in [5, 5.41) is 2.42. The molecule has 0 aromatic heterocycles. The Bertz CT molecular complexity index is 2780. The second kappa shape index (κ2) is 13.5. The Morgan fingerprint density at radius 3 is 1.56 bits per heavy atom. The van der Waals surface area contributed by atoms with Crippen LogP contribution in [0.4, 0.5) is 17.1 Å². The molecule has 0 fully saturated rings. The van der Waals surface area contributed by atoms with Crippen LogP contribution in [0.5, 0.6) is 0 Å². The zero-order valence-electron chi connectivity index (χ0n) is 30.7. The number of aryl methyl sites for hydroxylation is 1. The van der Waals surface area contributed by atoms with Gasteiger partial charge >= 0.3 is 0 Å². The highest BCUT2D eigenvalue weighted by Crippen LogP contribution is 2.58. The number of hydrogen-bond acceptors (Lipinski definition) is 1. The summed E-state index contributed by atoms with van der Waals surface area (Å²) in [6.45, 7) is 2.22. The molecular formula is C54H39N. The minimum Gasteiger partial charge on any atom is -0.309 e. The molecule has 0 saturated heterocycles. The molecule has 0 N–H and O–H groups in total. The first-order valence-corrected chi connectivity index (χ1v) is 19.1. The van der Waals surface area contributed by atoms with Gasteiger partial charge in [-0.1, -0.05) is 188 Å². The molecule has 1 aliphatic carbocycles. The Labute approximate surface area is 323 Å². The smallest absolute Gasteiger partial charge is 0.0714 e. The normalized spacial score (nSPS) is 12.6. The molecule has 0 radical (unpaired) electrons. The second-order valence-electron chi connectivity index (χ2n) is 14.5. The Morgan fingerprint density at radius 1 is 0.345 bits per heavy atom. The van der Waals surface area contributed by atoms with Crippen LogP contribution in [-0.4, -0.2) is 0 Å². The van der Waals surface area contributed by atoms with Crippen molar-refractivity contribution in [1.82, 2.24) is 0 Å². The molecule has 9 aromatic rings. The van der Waals surface area contributed by atoms with E-state index in [2.05, 4.69) is 230 Å². The molecule has 10 rings (SSSR count). The summed E-state index contributed by atoms with van der Waals surface area (Å²) in [6, 6.07) is 80.3. The highest BCUT2D eigenvalue weighted by molar-refractivity contribution is 6.01. The number of para-hydroxylation sites is 1. The van der Waals surface area contributed by atoms with Gasteiger partial charge in [-0.3, -0.25) is 0 Å². The van der Waals surface area contributed by atoms with Crippen molar-refractivity contribution in [3.63, 3.8) is 0 Å². The molecular weight excluding hydrogens is 663 g/mol. The number of benzene rings is 9. The summed E-state index contributed by atoms with van der Waals surface area (Å²) in [6.07, 6.45) is 0. The van der Waals surface area contributed by atoms with Crippen molar-refractivity contribution in [1.29, 1.82) is 0 Å². The van der Waals surface area contributed by atoms with Crippen molar-refractivity contribution >= 4 is 27.8 Å². The van der Waals surface area contributed by atoms with Crippen molar-refractivity contribution < 1.29 is 0 Å². The van der Waals surface area contributed by atoms with E-state index in [0.29, 0.717) is 0 Å². The summed E-state index contributed by atoms with van der Waals surface area (Å²) in [5.41, 5.74) is 16.5. The van der Waals surface area contributed by atoms with Crippen molar-refractivity contribution in [3.8, 4) is 33.4 Å². The van der Waals surface area contributed by atoms with E-state index in [-0.39, 0.29) is 0 Å². The van der Waals surface area contributed by atoms with Crippen molar-refractivity contribution in [3.05, 3.63) is 246 Å². The lowest BCUT2D eigenvalue weighted by Crippen LogP contribution is -2.28. The first-order chi connectivity index (χ1) is 27.2. The maximum absolute atomic E-state index is 2.51. The van der Waals surface area contributed by atoms with E-state index < -0.39 is 5.41 Å². The average Bonchev–Trinajstić information content (AvgIpc) is 3.55. The van der Waals surface area contributed by atoms with Crippen LogP contribution in [0.3, 0.4) is 0 Å². The molecule has 0 bridgehead atoms. The third kappa shape index (κ3) is 5.31. The van der Waals surface area contributed by atoms with Gasteiger partial charge < -0.3 is 4.90 Å². The van der Waals surface area contributed by atoms with Gasteiger partial charge in [-0.25, -0.2) is 0 Å². The fraction of sp³-hybridized carbons (Fsp3) is 0.0370. The van der Waals surface area contributed by atoms with Crippen LogP contribution < -0.4 is 4.90 Å². The number of anilines is 3. The quantitative estimate of drug-likeness (QED) is 0.160. The zero-order chi connectivity index (χ0) is 36.8. The maximum Gasteiger partial charge on any atom is 0.0714 e. The standard InChI is InChI=1S/C54H39N/c1-38-19-11-14-28-45(38)49-35-40-22-12-13-23-41(40)36-53(49)55(52-32-18-16-29-46(52)39-20-5-2-6-21-39)44-33-34-48-47-30-15-17-31-50(47)54(51(48)37-44,42-24-7-3-8-25-42)43-26-9-4-10-27-43/h2-37H,1H3. The summed E-state index contributed by atoms with van der Waals surface area (Å²) in [7, 11) is 0. The lowest BCUT2D eigenvalue weighted by atomic mass is 9.67. The topological polar surface area (TPSA) is 3.24 Å². The monoisotopic (exact) mass is 701 g/mol. The maximum atomic E-state index is 2.51. The Hall–Kier alpha value is -6.96. The first kappa shape index (κ1) is 32.7. The van der Waals surface area contributed by atoms with Crippen LogP contribution in [0.25, 0.3) is 44.2 Å². The number of hydrogen-bond donors (Lipinski definition) is 0. The highest BCUT2D eigenvalue weighted by Gasteiger charge is 2.46. The van der Waals surface area contributed by atoms with E-state index in [1.165, 1.54) is 72.0 Å². The van der Waals surface area contributed by atoms with Crippen LogP contribution in [0.1, 0.15) is 27.8 Å². The second-order valence-corrected chi connectivity index (χ2v) is 14.5. The zero-order valence-corrected chi connectivity index (χ0v) is 30.7. The third-order valence-electron chi connectivity index (χ3n) is 11.5. The first-order valence-electron chi connectivity index (χ1n) is 19.1. The fourth-order valence-electron chi connectivity index (χ4n) is 9.01. The fourth-order valence-corrected chi connectivity index (χ4v) is 9.01. The largest absolute Gasteiger partial charge is 0.309 e. The SMILES string of the molecule is Cc1ccccc1-c1cc2ccccc2cc1N(c1ccc2c(c1)C(c1ccccc1)(c1ccccc1)c1ccccc1-2)c1ccccc1-c1ccccc1. The van der Waals surface area contributed by atoms with Gasteiger partial charge in [0.1, 0.15) is 0 Å². The predicted molar refractivity (Wildman–Crippen MR) is 232 cm³/mol. The van der Waals surface area contributed by atoms with Gasteiger partial charge in [0.15, 0.2) is 0 Å². The van der Waals surface area contributed by atoms with Crippen LogP contribution in [0.2, 0.25) is 0 Å². The van der Waals surface area contributed by atoms with Crippen LogP contribution in [0, 0.1) is 6.92 Å². The van der Waals surface area contributed by atoms with Crippen LogP contribution in [0.15, 0.2) is 218 Å². The number of fused-ring (bicyclic) bond motifs is 4. The van der Waals surface area contributed by atoms with Gasteiger partial charge in [0.2, 0.25) is 0 Å². The third-order valence-corrected chi connectivity index (χ3v) is 11.5. The summed E-state index contributed by atoms with van der Waals surface area (Å²) in [4.78, 5) is 2.51. The van der Waals surface area contributed by atoms with E-state index >= 15 is 0 Å². The summed E-state index contributed by atoms with van der Waals surface area (Å²) < 4.78 is 0. The van der Waals surface area contributed by atoms with Gasteiger partial charge in [-0.15, -0.1) is 0 Å². The van der Waals surface area contributed by atoms with Gasteiger partial charge in [0, 0.05) is 16.8 Å². The Morgan fingerprint density at radius 2 is 0.873 bits per heavy atom. The van der Waals surface area contributed by atoms with Crippen molar-refractivity contribution in [2.24, 2.45) is 0 Å². The molecule has 9 aromatic carbocycles. The van der Waals surface area contributed by atoms with E-state index in [1.807, 2.05) is 0 Å². The molecule has 0 atom stereocenters. The lowest BCUT2D eigenvalue weighted by molar-refractivity contribution is 0.768. The Kier molecular flexibility index (Phi) is 8.00. The minimum absolute atomic E-state index is 0.517. The van der Waals surface area contributed by atoms with E-state index in [9.17, 15) is 0 Å². The molecule has 0 spiro atoms. The molecule has 0 amide bonds. The highest BCUT2D eigenvalue weighted by atomic mass is 15.1. The molecule has 1 nitrogen and oxygen atoms in total. The number of nitrogens with zero attached hydrogens (tertiary/aromatic N) is 1. The molecule has 1 aliphatic rings. The van der Waals surface area contributed by atoms with Crippen molar-refractivity contribution in [2.75, 3.05) is 4.90 Å². The van der Waals surface area contributed by atoms with Gasteiger partial charge in [0.25, 0.3) is 0 Å². The lowest BCUT2D eigenvalue weighted by Gasteiger charge is -2.35. The van der Waals surface area contributed by atoms with Crippen molar-refractivity contribution in [2.45, 2.75) is 12.3 Å².